The molecule has 5 rings (SSSR count). The fraction of sp³-hybridized carbons (Fsp3) is 0.200. The van der Waals surface area contributed by atoms with Gasteiger partial charge in [-0.3, -0.25) is 4.79 Å². The quantitative estimate of drug-likeness (QED) is 0.226. The average Bonchev–Trinajstić information content (AvgIpc) is 3.26. The van der Waals surface area contributed by atoms with Gasteiger partial charge in [-0.15, -0.1) is 11.8 Å². The van der Waals surface area contributed by atoms with Crippen molar-refractivity contribution < 1.29 is 14.3 Å². The molecule has 4 nitrogen and oxygen atoms in total. The molecule has 1 aliphatic carbocycles. The molecule has 0 spiro atoms. The summed E-state index contributed by atoms with van der Waals surface area (Å²) >= 11 is 7.50. The number of hydrogen-bond acceptors (Lipinski definition) is 4. The van der Waals surface area contributed by atoms with Crippen LogP contribution in [0.1, 0.15) is 18.1 Å². The lowest BCUT2D eigenvalue weighted by atomic mass is 9.95. The Labute approximate surface area is 220 Å². The van der Waals surface area contributed by atoms with Crippen LogP contribution in [0.3, 0.4) is 0 Å². The van der Waals surface area contributed by atoms with Crippen molar-refractivity contribution in [1.82, 2.24) is 5.32 Å². The largest absolute Gasteiger partial charge is 0.464 e. The Kier molecular flexibility index (Phi) is 7.04. The third-order valence-electron chi connectivity index (χ3n) is 6.50. The molecule has 4 aromatic rings. The molecule has 1 aliphatic rings. The minimum Gasteiger partial charge on any atom is -0.464 e. The van der Waals surface area contributed by atoms with Crippen molar-refractivity contribution in [2.75, 3.05) is 12.4 Å². The predicted octanol–water partition coefficient (Wildman–Crippen LogP) is 6.47. The second-order valence-corrected chi connectivity index (χ2v) is 10.5. The summed E-state index contributed by atoms with van der Waals surface area (Å²) in [6.45, 7) is 2.04. The van der Waals surface area contributed by atoms with E-state index in [0.717, 1.165) is 37.9 Å². The van der Waals surface area contributed by atoms with Crippen LogP contribution in [-0.4, -0.2) is 29.8 Å². The number of thioether (sulfide) groups is 1. The summed E-state index contributed by atoms with van der Waals surface area (Å²) in [4.78, 5) is 27.2. The average molecular weight is 516 g/mol. The fourth-order valence-electron chi connectivity index (χ4n) is 4.76. The van der Waals surface area contributed by atoms with Crippen LogP contribution in [0.25, 0.3) is 21.9 Å². The number of esters is 1. The molecule has 1 unspecified atom stereocenters. The highest BCUT2D eigenvalue weighted by Crippen LogP contribution is 2.35. The number of carbonyl (C=O) groups is 2. The molecule has 0 aliphatic heterocycles. The Morgan fingerprint density at radius 1 is 0.889 bits per heavy atom. The van der Waals surface area contributed by atoms with E-state index in [0.29, 0.717) is 17.9 Å². The molecule has 0 bridgehead atoms. The molecule has 4 aromatic carbocycles. The predicted molar refractivity (Wildman–Crippen MR) is 146 cm³/mol. The molecule has 1 atom stereocenters. The van der Waals surface area contributed by atoms with Gasteiger partial charge in [-0.1, -0.05) is 72.3 Å². The molecule has 0 radical (unpaired) electrons. The van der Waals surface area contributed by atoms with Crippen molar-refractivity contribution >= 4 is 46.0 Å². The van der Waals surface area contributed by atoms with Gasteiger partial charge in [0.1, 0.15) is 5.54 Å². The molecule has 1 amide bonds. The van der Waals surface area contributed by atoms with E-state index in [-0.39, 0.29) is 18.3 Å². The van der Waals surface area contributed by atoms with E-state index in [4.69, 9.17) is 16.3 Å². The third kappa shape index (κ3) is 5.13. The van der Waals surface area contributed by atoms with Gasteiger partial charge in [-0.2, -0.15) is 0 Å². The molecule has 0 saturated carbocycles. The van der Waals surface area contributed by atoms with Gasteiger partial charge in [-0.25, -0.2) is 4.79 Å². The zero-order chi connectivity index (χ0) is 25.1. The van der Waals surface area contributed by atoms with Gasteiger partial charge in [0.15, 0.2) is 0 Å². The lowest BCUT2D eigenvalue weighted by Crippen LogP contribution is -2.56. The molecule has 0 fully saturated rings. The number of nitrogens with one attached hydrogen (secondary N) is 1. The lowest BCUT2D eigenvalue weighted by Gasteiger charge is -2.28. The van der Waals surface area contributed by atoms with E-state index in [9.17, 15) is 9.59 Å². The van der Waals surface area contributed by atoms with Crippen LogP contribution < -0.4 is 5.32 Å². The van der Waals surface area contributed by atoms with Crippen LogP contribution in [0, 0.1) is 0 Å². The number of benzene rings is 4. The minimum atomic E-state index is -1.10. The Bertz CT molecular complexity index is 1440. The highest BCUT2D eigenvalue weighted by Gasteiger charge is 2.46. The molecule has 0 saturated heterocycles. The first-order chi connectivity index (χ1) is 17.5. The second kappa shape index (κ2) is 10.4. The lowest BCUT2D eigenvalue weighted by molar-refractivity contribution is -0.152. The van der Waals surface area contributed by atoms with Crippen molar-refractivity contribution in [2.24, 2.45) is 0 Å². The summed E-state index contributed by atoms with van der Waals surface area (Å²) in [5.74, 6) is -0.364. The molecule has 0 aromatic heterocycles. The number of fused-ring (bicyclic) bond motifs is 2. The van der Waals surface area contributed by atoms with Crippen LogP contribution >= 0.6 is 23.4 Å². The van der Waals surface area contributed by atoms with Crippen molar-refractivity contribution in [3.05, 3.63) is 101 Å². The maximum atomic E-state index is 13.1. The van der Waals surface area contributed by atoms with E-state index in [1.54, 1.807) is 6.92 Å². The van der Waals surface area contributed by atoms with Crippen molar-refractivity contribution in [1.29, 1.82) is 0 Å². The molecule has 6 heteroatoms. The van der Waals surface area contributed by atoms with Gasteiger partial charge >= 0.3 is 5.97 Å². The number of amides is 1. The molecule has 0 heterocycles. The Morgan fingerprint density at radius 2 is 1.61 bits per heavy atom. The summed E-state index contributed by atoms with van der Waals surface area (Å²) < 4.78 is 5.43. The second-order valence-electron chi connectivity index (χ2n) is 8.99. The van der Waals surface area contributed by atoms with Crippen molar-refractivity contribution in [2.45, 2.75) is 30.2 Å². The van der Waals surface area contributed by atoms with E-state index in [1.807, 2.05) is 54.6 Å². The standard InChI is InChI=1S/C30H26ClNO3S/c1-2-35-29(34)30(32-28(33)19-36-27-14-11-20-5-3-4-6-22(20)16-27)17-24-8-7-23(15-25(24)18-30)21-9-12-26(31)13-10-21/h3-16H,2,17-19H2,1H3,(H,32,33). The smallest absolute Gasteiger partial charge is 0.332 e. The van der Waals surface area contributed by atoms with Gasteiger partial charge < -0.3 is 10.1 Å². The van der Waals surface area contributed by atoms with Gasteiger partial charge in [0.2, 0.25) is 5.91 Å². The Hall–Kier alpha value is -3.28. The number of ether oxygens (including phenoxy) is 1. The van der Waals surface area contributed by atoms with Crippen LogP contribution in [0.5, 0.6) is 0 Å². The molecule has 1 N–H and O–H groups in total. The minimum absolute atomic E-state index is 0.188. The number of carbonyl (C=O) groups excluding carboxylic acids is 2. The van der Waals surface area contributed by atoms with Crippen LogP contribution in [-0.2, 0) is 27.2 Å². The summed E-state index contributed by atoms with van der Waals surface area (Å²) in [5.41, 5.74) is 3.08. The highest BCUT2D eigenvalue weighted by atomic mass is 35.5. The Balaban J connectivity index is 1.33. The van der Waals surface area contributed by atoms with Gasteiger partial charge in [0, 0.05) is 22.8 Å². The van der Waals surface area contributed by atoms with Crippen LogP contribution in [0.15, 0.2) is 89.8 Å². The normalized spacial score (nSPS) is 16.5. The van der Waals surface area contributed by atoms with Gasteiger partial charge in [0.25, 0.3) is 0 Å². The summed E-state index contributed by atoms with van der Waals surface area (Å²) in [6.07, 6.45) is 0.809. The number of hydrogen-bond donors (Lipinski definition) is 1. The topological polar surface area (TPSA) is 55.4 Å². The monoisotopic (exact) mass is 515 g/mol. The van der Waals surface area contributed by atoms with Crippen molar-refractivity contribution in [3.8, 4) is 11.1 Å². The van der Waals surface area contributed by atoms with Gasteiger partial charge in [-0.05, 0) is 64.2 Å². The number of rotatable bonds is 7. The Morgan fingerprint density at radius 3 is 2.39 bits per heavy atom. The van der Waals surface area contributed by atoms with Crippen LogP contribution in [0.2, 0.25) is 5.02 Å². The molecule has 36 heavy (non-hydrogen) atoms. The summed E-state index contributed by atoms with van der Waals surface area (Å²) in [5, 5.41) is 6.03. The van der Waals surface area contributed by atoms with Gasteiger partial charge in [0.05, 0.1) is 12.4 Å². The SMILES string of the molecule is CCOC(=O)C1(NC(=O)CSc2ccc3ccccc3c2)Cc2ccc(-c3ccc(Cl)cc3)cc2C1. The molecular weight excluding hydrogens is 490 g/mol. The maximum absolute atomic E-state index is 13.1. The highest BCUT2D eigenvalue weighted by molar-refractivity contribution is 8.00. The zero-order valence-corrected chi connectivity index (χ0v) is 21.5. The first kappa shape index (κ1) is 24.4. The van der Waals surface area contributed by atoms with E-state index in [1.165, 1.54) is 11.8 Å². The summed E-state index contributed by atoms with van der Waals surface area (Å²) in [7, 11) is 0. The third-order valence-corrected chi connectivity index (χ3v) is 7.75. The maximum Gasteiger partial charge on any atom is 0.332 e. The first-order valence-corrected chi connectivity index (χ1v) is 13.3. The fourth-order valence-corrected chi connectivity index (χ4v) is 5.63. The van der Waals surface area contributed by atoms with Crippen molar-refractivity contribution in [3.63, 3.8) is 0 Å². The molecular formula is C30H26ClNO3S. The van der Waals surface area contributed by atoms with Crippen LogP contribution in [0.4, 0.5) is 0 Å². The summed E-state index contributed by atoms with van der Waals surface area (Å²) in [6, 6.07) is 28.1. The molecule has 182 valence electrons. The first-order valence-electron chi connectivity index (χ1n) is 11.9. The van der Waals surface area contributed by atoms with E-state index in [2.05, 4.69) is 35.6 Å². The zero-order valence-electron chi connectivity index (χ0n) is 19.9. The van der Waals surface area contributed by atoms with E-state index < -0.39 is 11.5 Å². The van der Waals surface area contributed by atoms with E-state index >= 15 is 0 Å². The number of halogens is 1.